The first kappa shape index (κ1) is 12.9. The molecule has 0 aliphatic carbocycles. The molecule has 3 nitrogen and oxygen atoms in total. The Labute approximate surface area is 111 Å². The van der Waals surface area contributed by atoms with E-state index < -0.39 is 0 Å². The van der Waals surface area contributed by atoms with Gasteiger partial charge in [-0.25, -0.2) is 0 Å². The van der Waals surface area contributed by atoms with Crippen molar-refractivity contribution in [1.29, 1.82) is 0 Å². The fraction of sp³-hybridized carbons (Fsp3) is 0.538. The van der Waals surface area contributed by atoms with Crippen LogP contribution in [-0.4, -0.2) is 29.1 Å². The number of rotatable bonds is 3. The molecule has 1 saturated heterocycles. The minimum atomic E-state index is 0.265. The van der Waals surface area contributed by atoms with Gasteiger partial charge in [-0.3, -0.25) is 4.90 Å². The summed E-state index contributed by atoms with van der Waals surface area (Å²) in [4.78, 5) is 2.37. The van der Waals surface area contributed by atoms with Crippen molar-refractivity contribution in [2.24, 2.45) is 5.73 Å². The maximum atomic E-state index is 9.98. The van der Waals surface area contributed by atoms with Crippen LogP contribution in [0.2, 0.25) is 0 Å². The van der Waals surface area contributed by atoms with Crippen LogP contribution in [0, 0.1) is 0 Å². The van der Waals surface area contributed by atoms with Crippen LogP contribution in [0.5, 0.6) is 5.75 Å². The highest BCUT2D eigenvalue weighted by atomic mass is 79.9. The number of hydrogen-bond acceptors (Lipinski definition) is 3. The molecule has 94 valence electrons. The Bertz CT molecular complexity index is 397. The molecule has 1 aromatic carbocycles. The van der Waals surface area contributed by atoms with E-state index in [9.17, 15) is 5.11 Å². The van der Waals surface area contributed by atoms with E-state index in [0.29, 0.717) is 5.75 Å². The minimum Gasteiger partial charge on any atom is -0.508 e. The van der Waals surface area contributed by atoms with Gasteiger partial charge in [-0.15, -0.1) is 0 Å². The lowest BCUT2D eigenvalue weighted by molar-refractivity contribution is 0.232. The molecule has 0 bridgehead atoms. The number of halogens is 1. The van der Waals surface area contributed by atoms with E-state index in [1.165, 1.54) is 0 Å². The predicted octanol–water partition coefficient (Wildman–Crippen LogP) is 2.64. The van der Waals surface area contributed by atoms with Gasteiger partial charge in [0.25, 0.3) is 0 Å². The highest BCUT2D eigenvalue weighted by Crippen LogP contribution is 2.34. The fourth-order valence-corrected chi connectivity index (χ4v) is 2.94. The van der Waals surface area contributed by atoms with E-state index in [4.69, 9.17) is 5.73 Å². The molecule has 3 N–H and O–H groups in total. The first-order chi connectivity index (χ1) is 8.11. The molecule has 0 aromatic heterocycles. The van der Waals surface area contributed by atoms with Crippen LogP contribution in [0.1, 0.15) is 31.4 Å². The maximum absolute atomic E-state index is 9.98. The monoisotopic (exact) mass is 298 g/mol. The van der Waals surface area contributed by atoms with Gasteiger partial charge in [0, 0.05) is 35.2 Å². The molecule has 2 atom stereocenters. The van der Waals surface area contributed by atoms with Crippen LogP contribution in [0.15, 0.2) is 22.7 Å². The van der Waals surface area contributed by atoms with Gasteiger partial charge < -0.3 is 10.8 Å². The Morgan fingerprint density at radius 1 is 1.59 bits per heavy atom. The molecule has 4 heteroatoms. The predicted molar refractivity (Wildman–Crippen MR) is 73.0 cm³/mol. The van der Waals surface area contributed by atoms with E-state index in [0.717, 1.165) is 36.0 Å². The summed E-state index contributed by atoms with van der Waals surface area (Å²) in [7, 11) is 0. The van der Waals surface area contributed by atoms with Crippen molar-refractivity contribution >= 4 is 15.9 Å². The number of nitrogens with two attached hydrogens (primary N) is 1. The summed E-state index contributed by atoms with van der Waals surface area (Å²) in [6.07, 6.45) is 2.03. The number of phenols is 1. The molecule has 0 radical (unpaired) electrons. The normalized spacial score (nSPS) is 22.9. The Hall–Kier alpha value is -0.580. The van der Waals surface area contributed by atoms with Crippen LogP contribution < -0.4 is 5.73 Å². The molecule has 1 heterocycles. The number of hydrogen-bond donors (Lipinski definition) is 2. The third kappa shape index (κ3) is 2.81. The van der Waals surface area contributed by atoms with Gasteiger partial charge in [-0.05, 0) is 31.0 Å². The van der Waals surface area contributed by atoms with E-state index in [1.807, 2.05) is 12.1 Å². The molecule has 0 saturated carbocycles. The van der Waals surface area contributed by atoms with Gasteiger partial charge in [0.05, 0.1) is 0 Å². The molecular formula is C13H19BrN2O. The van der Waals surface area contributed by atoms with Crippen LogP contribution in [0.3, 0.4) is 0 Å². The van der Waals surface area contributed by atoms with Gasteiger partial charge in [0.2, 0.25) is 0 Å². The second kappa shape index (κ2) is 5.38. The summed E-state index contributed by atoms with van der Waals surface area (Å²) in [6.45, 7) is 4.09. The largest absolute Gasteiger partial charge is 0.508 e. The summed E-state index contributed by atoms with van der Waals surface area (Å²) in [5.41, 5.74) is 6.95. The van der Waals surface area contributed by atoms with Crippen LogP contribution in [0.25, 0.3) is 0 Å². The number of nitrogens with zero attached hydrogens (tertiary/aromatic N) is 1. The molecular weight excluding hydrogens is 280 g/mol. The second-order valence-electron chi connectivity index (χ2n) is 4.67. The zero-order valence-electron chi connectivity index (χ0n) is 10.1. The molecule has 0 amide bonds. The fourth-order valence-electron chi connectivity index (χ4n) is 2.57. The van der Waals surface area contributed by atoms with E-state index in [2.05, 4.69) is 27.8 Å². The van der Waals surface area contributed by atoms with Gasteiger partial charge in [0.1, 0.15) is 5.75 Å². The van der Waals surface area contributed by atoms with Gasteiger partial charge >= 0.3 is 0 Å². The molecule has 1 aliphatic heterocycles. The summed E-state index contributed by atoms with van der Waals surface area (Å²) in [5.74, 6) is 0.375. The molecule has 2 rings (SSSR count). The Morgan fingerprint density at radius 2 is 2.35 bits per heavy atom. The molecule has 1 fully saturated rings. The minimum absolute atomic E-state index is 0.265. The van der Waals surface area contributed by atoms with Crippen molar-refractivity contribution in [3.63, 3.8) is 0 Å². The number of benzene rings is 1. The van der Waals surface area contributed by atoms with Crippen molar-refractivity contribution in [1.82, 2.24) is 4.90 Å². The van der Waals surface area contributed by atoms with E-state index >= 15 is 0 Å². The van der Waals surface area contributed by atoms with Crippen molar-refractivity contribution in [2.75, 3.05) is 13.1 Å². The Kier molecular flexibility index (Phi) is 4.07. The molecule has 1 aliphatic rings. The van der Waals surface area contributed by atoms with Crippen LogP contribution >= 0.6 is 15.9 Å². The van der Waals surface area contributed by atoms with Crippen molar-refractivity contribution in [2.45, 2.75) is 31.8 Å². The first-order valence-corrected chi connectivity index (χ1v) is 6.89. The topological polar surface area (TPSA) is 49.5 Å². The zero-order valence-corrected chi connectivity index (χ0v) is 11.7. The number of aromatic hydroxyl groups is 1. The first-order valence-electron chi connectivity index (χ1n) is 6.10. The maximum Gasteiger partial charge on any atom is 0.120 e. The van der Waals surface area contributed by atoms with Crippen LogP contribution in [0.4, 0.5) is 0 Å². The van der Waals surface area contributed by atoms with Gasteiger partial charge in [-0.1, -0.05) is 22.9 Å². The standard InChI is InChI=1S/C13H19BrN2O/c1-2-12(16-6-5-10(15)8-16)11-7-9(14)3-4-13(11)17/h3-4,7,10,12,17H,2,5-6,8,15H2,1H3. The van der Waals surface area contributed by atoms with Gasteiger partial charge in [-0.2, -0.15) is 0 Å². The van der Waals surface area contributed by atoms with Crippen LogP contribution in [-0.2, 0) is 0 Å². The number of phenolic OH excluding ortho intramolecular Hbond substituents is 1. The summed E-state index contributed by atoms with van der Waals surface area (Å²) in [5, 5.41) is 9.98. The highest BCUT2D eigenvalue weighted by molar-refractivity contribution is 9.10. The Morgan fingerprint density at radius 3 is 2.94 bits per heavy atom. The Balaban J connectivity index is 2.25. The van der Waals surface area contributed by atoms with Crippen molar-refractivity contribution in [3.8, 4) is 5.75 Å². The summed E-state index contributed by atoms with van der Waals surface area (Å²) < 4.78 is 1.01. The third-order valence-corrected chi connectivity index (χ3v) is 3.93. The zero-order chi connectivity index (χ0) is 12.4. The highest BCUT2D eigenvalue weighted by Gasteiger charge is 2.27. The van der Waals surface area contributed by atoms with E-state index in [1.54, 1.807) is 6.07 Å². The lowest BCUT2D eigenvalue weighted by Gasteiger charge is -2.27. The lowest BCUT2D eigenvalue weighted by Crippen LogP contribution is -2.30. The molecule has 17 heavy (non-hydrogen) atoms. The quantitative estimate of drug-likeness (QED) is 0.902. The average Bonchev–Trinajstić information content (AvgIpc) is 2.71. The smallest absolute Gasteiger partial charge is 0.120 e. The molecule has 0 spiro atoms. The SMILES string of the molecule is CCC(c1cc(Br)ccc1O)N1CCC(N)C1. The van der Waals surface area contributed by atoms with Crippen molar-refractivity contribution in [3.05, 3.63) is 28.2 Å². The van der Waals surface area contributed by atoms with E-state index in [-0.39, 0.29) is 12.1 Å². The second-order valence-corrected chi connectivity index (χ2v) is 5.59. The number of likely N-dealkylation sites (tertiary alicyclic amines) is 1. The summed E-state index contributed by atoms with van der Waals surface area (Å²) >= 11 is 3.46. The molecule has 2 unspecified atom stereocenters. The molecule has 1 aromatic rings. The summed E-state index contributed by atoms with van der Waals surface area (Å²) in [6, 6.07) is 6.16. The van der Waals surface area contributed by atoms with Crippen molar-refractivity contribution < 1.29 is 5.11 Å². The average molecular weight is 299 g/mol. The lowest BCUT2D eigenvalue weighted by atomic mass is 10.0. The third-order valence-electron chi connectivity index (χ3n) is 3.43. The van der Waals surface area contributed by atoms with Gasteiger partial charge in [0.15, 0.2) is 0 Å².